The van der Waals surface area contributed by atoms with E-state index in [1.54, 1.807) is 12.1 Å². The molecule has 1 heterocycles. The van der Waals surface area contributed by atoms with Crippen molar-refractivity contribution in [2.45, 2.75) is 51.0 Å². The normalized spacial score (nSPS) is 16.6. The lowest BCUT2D eigenvalue weighted by Crippen LogP contribution is -2.35. The van der Waals surface area contributed by atoms with Crippen LogP contribution in [-0.4, -0.2) is 21.5 Å². The lowest BCUT2D eigenvalue weighted by atomic mass is 9.96. The van der Waals surface area contributed by atoms with Crippen LogP contribution in [0, 0.1) is 0 Å². The minimum atomic E-state index is -0.0597. The van der Waals surface area contributed by atoms with E-state index in [0.29, 0.717) is 15.6 Å². The van der Waals surface area contributed by atoms with Crippen LogP contribution in [-0.2, 0) is 0 Å². The van der Waals surface area contributed by atoms with Gasteiger partial charge in [-0.05, 0) is 36.5 Å². The number of hydrogen-bond donors (Lipinski definition) is 1. The van der Waals surface area contributed by atoms with Crippen molar-refractivity contribution in [3.8, 4) is 11.3 Å². The molecule has 1 N–H and O–H groups in total. The van der Waals surface area contributed by atoms with Crippen LogP contribution in [0.3, 0.4) is 0 Å². The summed E-state index contributed by atoms with van der Waals surface area (Å²) in [5.74, 6) is -0.0597. The molecule has 0 spiro atoms. The van der Waals surface area contributed by atoms with Gasteiger partial charge in [0.2, 0.25) is 0 Å². The number of nitrogens with zero attached hydrogens (tertiary/aromatic N) is 2. The van der Waals surface area contributed by atoms with Crippen LogP contribution >= 0.6 is 23.1 Å². The van der Waals surface area contributed by atoms with Gasteiger partial charge in [-0.15, -0.1) is 5.10 Å². The van der Waals surface area contributed by atoms with Gasteiger partial charge in [-0.3, -0.25) is 4.79 Å². The molecule has 1 aliphatic rings. The third-order valence-corrected chi connectivity index (χ3v) is 5.23. The zero-order valence-electron chi connectivity index (χ0n) is 12.9. The first-order valence-electron chi connectivity index (χ1n) is 8.13. The minimum Gasteiger partial charge on any atom is -0.348 e. The van der Waals surface area contributed by atoms with Gasteiger partial charge in [0.25, 0.3) is 5.91 Å². The Morgan fingerprint density at radius 3 is 2.43 bits per heavy atom. The molecule has 4 nitrogen and oxygen atoms in total. The number of nitrogens with one attached hydrogen (secondary N) is 1. The lowest BCUT2D eigenvalue weighted by molar-refractivity contribution is 0.0935. The van der Waals surface area contributed by atoms with Crippen LogP contribution in [0.1, 0.15) is 54.6 Å². The number of halogens is 1. The van der Waals surface area contributed by atoms with Crippen molar-refractivity contribution in [2.24, 2.45) is 0 Å². The van der Waals surface area contributed by atoms with E-state index in [9.17, 15) is 4.79 Å². The smallest absolute Gasteiger partial charge is 0.265 e. The molecule has 1 fully saturated rings. The van der Waals surface area contributed by atoms with Crippen LogP contribution in [0.25, 0.3) is 11.3 Å². The molecule has 1 amide bonds. The monoisotopic (exact) mass is 349 g/mol. The van der Waals surface area contributed by atoms with E-state index >= 15 is 0 Å². The number of hydrogen-bond acceptors (Lipinski definition) is 4. The van der Waals surface area contributed by atoms with E-state index in [-0.39, 0.29) is 11.9 Å². The molecule has 0 aliphatic heterocycles. The van der Waals surface area contributed by atoms with E-state index in [0.717, 1.165) is 29.9 Å². The zero-order chi connectivity index (χ0) is 16.1. The Morgan fingerprint density at radius 1 is 1.09 bits per heavy atom. The second-order valence-corrected chi connectivity index (χ2v) is 7.16. The number of aromatic nitrogens is 2. The van der Waals surface area contributed by atoms with E-state index in [1.165, 1.54) is 32.1 Å². The van der Waals surface area contributed by atoms with Crippen molar-refractivity contribution in [3.05, 3.63) is 34.2 Å². The van der Waals surface area contributed by atoms with Crippen LogP contribution in [0.5, 0.6) is 0 Å². The summed E-state index contributed by atoms with van der Waals surface area (Å²) in [6, 6.07) is 7.60. The third-order valence-electron chi connectivity index (χ3n) is 4.25. The summed E-state index contributed by atoms with van der Waals surface area (Å²) in [6.07, 6.45) is 8.36. The Hall–Kier alpha value is -1.46. The average Bonchev–Trinajstić information content (AvgIpc) is 3.00. The highest BCUT2D eigenvalue weighted by Gasteiger charge is 2.21. The van der Waals surface area contributed by atoms with Gasteiger partial charge in [0.15, 0.2) is 0 Å². The lowest BCUT2D eigenvalue weighted by Gasteiger charge is -2.20. The summed E-state index contributed by atoms with van der Waals surface area (Å²) in [7, 11) is 0. The summed E-state index contributed by atoms with van der Waals surface area (Å²) in [4.78, 5) is 13.2. The first-order valence-corrected chi connectivity index (χ1v) is 9.28. The molecule has 0 bridgehead atoms. The second kappa shape index (κ2) is 7.88. The molecule has 23 heavy (non-hydrogen) atoms. The van der Waals surface area contributed by atoms with Gasteiger partial charge in [0.05, 0.1) is 0 Å². The topological polar surface area (TPSA) is 54.9 Å². The van der Waals surface area contributed by atoms with E-state index in [1.807, 2.05) is 12.1 Å². The fraction of sp³-hybridized carbons (Fsp3) is 0.471. The quantitative estimate of drug-likeness (QED) is 0.873. The SMILES string of the molecule is O=C(NC1CCCCCCC1)c1snnc1-c1ccc(Cl)cc1. The molecule has 122 valence electrons. The third kappa shape index (κ3) is 4.30. The molecule has 2 aromatic rings. The Bertz CT molecular complexity index is 648. The minimum absolute atomic E-state index is 0.0597. The van der Waals surface area contributed by atoms with Crippen LogP contribution in [0.4, 0.5) is 0 Å². The molecular weight excluding hydrogens is 330 g/mol. The standard InChI is InChI=1S/C17H20ClN3OS/c18-13-10-8-12(9-11-13)15-16(23-21-20-15)17(22)19-14-6-4-2-1-3-5-7-14/h8-11,14H,1-7H2,(H,19,22). The molecule has 3 rings (SSSR count). The van der Waals surface area contributed by atoms with Crippen LogP contribution in [0.15, 0.2) is 24.3 Å². The zero-order valence-corrected chi connectivity index (χ0v) is 14.5. The van der Waals surface area contributed by atoms with Gasteiger partial charge in [-0.2, -0.15) is 0 Å². The van der Waals surface area contributed by atoms with E-state index in [2.05, 4.69) is 14.9 Å². The molecule has 1 saturated carbocycles. The van der Waals surface area contributed by atoms with Crippen molar-refractivity contribution in [2.75, 3.05) is 0 Å². The number of carbonyl (C=O) groups is 1. The second-order valence-electron chi connectivity index (χ2n) is 5.97. The van der Waals surface area contributed by atoms with Crippen LogP contribution in [0.2, 0.25) is 5.02 Å². The highest BCUT2D eigenvalue weighted by Crippen LogP contribution is 2.26. The van der Waals surface area contributed by atoms with Crippen molar-refractivity contribution >= 4 is 29.0 Å². The molecule has 1 aromatic heterocycles. The summed E-state index contributed by atoms with van der Waals surface area (Å²) in [6.45, 7) is 0. The van der Waals surface area contributed by atoms with Crippen molar-refractivity contribution < 1.29 is 4.79 Å². The largest absolute Gasteiger partial charge is 0.348 e. The van der Waals surface area contributed by atoms with E-state index in [4.69, 9.17) is 11.6 Å². The maximum atomic E-state index is 12.6. The van der Waals surface area contributed by atoms with E-state index < -0.39 is 0 Å². The predicted molar refractivity (Wildman–Crippen MR) is 93.9 cm³/mol. The molecule has 1 aliphatic carbocycles. The summed E-state index contributed by atoms with van der Waals surface area (Å²) in [5.41, 5.74) is 1.50. The van der Waals surface area contributed by atoms with Gasteiger partial charge in [0, 0.05) is 16.6 Å². The molecule has 0 atom stereocenters. The van der Waals surface area contributed by atoms with Gasteiger partial charge >= 0.3 is 0 Å². The van der Waals surface area contributed by atoms with Gasteiger partial charge < -0.3 is 5.32 Å². The van der Waals surface area contributed by atoms with Gasteiger partial charge in [-0.1, -0.05) is 60.3 Å². The fourth-order valence-electron chi connectivity index (χ4n) is 2.99. The first-order chi connectivity index (χ1) is 11.2. The summed E-state index contributed by atoms with van der Waals surface area (Å²) < 4.78 is 3.97. The Labute approximate surface area is 145 Å². The Balaban J connectivity index is 1.72. The Morgan fingerprint density at radius 2 is 1.74 bits per heavy atom. The molecule has 0 saturated heterocycles. The maximum absolute atomic E-state index is 12.6. The van der Waals surface area contributed by atoms with Crippen molar-refractivity contribution in [1.29, 1.82) is 0 Å². The summed E-state index contributed by atoms with van der Waals surface area (Å²) in [5, 5.41) is 7.97. The molecule has 1 aromatic carbocycles. The van der Waals surface area contributed by atoms with Crippen molar-refractivity contribution in [3.63, 3.8) is 0 Å². The average molecular weight is 350 g/mol. The highest BCUT2D eigenvalue weighted by atomic mass is 35.5. The fourth-order valence-corrected chi connectivity index (χ4v) is 3.70. The molecule has 0 unspecified atom stereocenters. The molecule has 0 radical (unpaired) electrons. The number of amides is 1. The molecular formula is C17H20ClN3OS. The number of benzene rings is 1. The Kier molecular flexibility index (Phi) is 5.62. The highest BCUT2D eigenvalue weighted by molar-refractivity contribution is 7.08. The van der Waals surface area contributed by atoms with Gasteiger partial charge in [-0.25, -0.2) is 0 Å². The summed E-state index contributed by atoms with van der Waals surface area (Å²) >= 11 is 7.07. The number of carbonyl (C=O) groups excluding carboxylic acids is 1. The van der Waals surface area contributed by atoms with Gasteiger partial charge in [0.1, 0.15) is 10.6 Å². The predicted octanol–water partition coefficient (Wildman–Crippen LogP) is 4.70. The van der Waals surface area contributed by atoms with Crippen LogP contribution < -0.4 is 5.32 Å². The molecule has 6 heteroatoms. The van der Waals surface area contributed by atoms with Crippen molar-refractivity contribution in [1.82, 2.24) is 14.9 Å². The number of rotatable bonds is 3. The maximum Gasteiger partial charge on any atom is 0.265 e. The first kappa shape index (κ1) is 16.4.